The Hall–Kier alpha value is -3.51. The molecule has 6 rings (SSSR count). The lowest BCUT2D eigenvalue weighted by molar-refractivity contribution is -0.128. The molecule has 1 saturated heterocycles. The van der Waals surface area contributed by atoms with Crippen molar-refractivity contribution in [3.05, 3.63) is 60.1 Å². The molecule has 0 aromatic carbocycles. The minimum Gasteiger partial charge on any atom is -0.381 e. The lowest BCUT2D eigenvalue weighted by Gasteiger charge is -2.40. The Balaban J connectivity index is 1.33. The van der Waals surface area contributed by atoms with Gasteiger partial charge in [-0.2, -0.15) is 0 Å². The van der Waals surface area contributed by atoms with Gasteiger partial charge in [0.15, 0.2) is 0 Å². The minimum atomic E-state index is -3.57. The van der Waals surface area contributed by atoms with Crippen molar-refractivity contribution in [2.24, 2.45) is 5.73 Å². The standard InChI is InChI=1S/C25H27N7O4S/c26-23(33)25(22-7-9-28-24(31-22)32-37(34,35)17-4-5-17)8-10-36-14-18(25)19-6-3-16(11-29-19)21-13-27-12-20(30-21)15-1-2-15/h3,6-7,9,11-13,15,17-18H,1-2,4-5,8,10,14H2,(H2,26,33)(H,28,31,32). The fourth-order valence-corrected chi connectivity index (χ4v) is 6.20. The summed E-state index contributed by atoms with van der Waals surface area (Å²) in [4.78, 5) is 35.4. The molecule has 37 heavy (non-hydrogen) atoms. The van der Waals surface area contributed by atoms with Gasteiger partial charge in [0.1, 0.15) is 5.41 Å². The summed E-state index contributed by atoms with van der Waals surface area (Å²) >= 11 is 0. The fourth-order valence-electron chi connectivity index (χ4n) is 4.92. The first-order valence-corrected chi connectivity index (χ1v) is 13.9. The van der Waals surface area contributed by atoms with Crippen LogP contribution in [0.15, 0.2) is 43.0 Å². The SMILES string of the molecule is NC(=O)C1(c2ccnc(NS(=O)(=O)C3CC3)n2)CCOCC1c1ccc(-c2cncc(C3CC3)n2)cn1. The number of pyridine rings is 1. The highest BCUT2D eigenvalue weighted by Crippen LogP contribution is 2.44. The largest absolute Gasteiger partial charge is 0.381 e. The predicted octanol–water partition coefficient (Wildman–Crippen LogP) is 2.04. The zero-order chi connectivity index (χ0) is 25.6. The Morgan fingerprint density at radius 2 is 1.86 bits per heavy atom. The van der Waals surface area contributed by atoms with Crippen LogP contribution in [0.4, 0.5) is 5.95 Å². The summed E-state index contributed by atoms with van der Waals surface area (Å²) in [5.74, 6) is -0.696. The third kappa shape index (κ3) is 4.55. The van der Waals surface area contributed by atoms with Crippen LogP contribution in [-0.2, 0) is 25.0 Å². The molecule has 192 valence electrons. The Morgan fingerprint density at radius 1 is 1.03 bits per heavy atom. The second-order valence-corrected chi connectivity index (χ2v) is 11.9. The maximum atomic E-state index is 13.1. The molecule has 0 spiro atoms. The average molecular weight is 522 g/mol. The van der Waals surface area contributed by atoms with Crippen LogP contribution >= 0.6 is 0 Å². The molecule has 1 amide bonds. The van der Waals surface area contributed by atoms with E-state index in [9.17, 15) is 13.2 Å². The number of nitrogens with two attached hydrogens (primary N) is 1. The number of ether oxygens (including phenoxy) is 1. The molecule has 11 nitrogen and oxygen atoms in total. The zero-order valence-electron chi connectivity index (χ0n) is 20.1. The summed E-state index contributed by atoms with van der Waals surface area (Å²) in [7, 11) is -3.57. The minimum absolute atomic E-state index is 0.0762. The number of primary amides is 1. The normalized spacial score (nSPS) is 23.9. The summed E-state index contributed by atoms with van der Waals surface area (Å²) in [6, 6.07) is 5.35. The second-order valence-electron chi connectivity index (χ2n) is 9.90. The van der Waals surface area contributed by atoms with Crippen molar-refractivity contribution in [2.75, 3.05) is 17.9 Å². The van der Waals surface area contributed by atoms with Gasteiger partial charge in [-0.1, -0.05) is 0 Å². The molecule has 2 unspecified atom stereocenters. The molecule has 0 radical (unpaired) electrons. The quantitative estimate of drug-likeness (QED) is 0.451. The van der Waals surface area contributed by atoms with Gasteiger partial charge in [0.05, 0.1) is 35.1 Å². The van der Waals surface area contributed by atoms with E-state index in [-0.39, 0.29) is 19.0 Å². The Kier molecular flexibility index (Phi) is 5.87. The van der Waals surface area contributed by atoms with Crippen LogP contribution in [-0.4, -0.2) is 57.7 Å². The van der Waals surface area contributed by atoms with Crippen molar-refractivity contribution in [3.8, 4) is 11.3 Å². The maximum absolute atomic E-state index is 13.1. The highest BCUT2D eigenvalue weighted by atomic mass is 32.2. The molecule has 2 saturated carbocycles. The molecular weight excluding hydrogens is 494 g/mol. The van der Waals surface area contributed by atoms with Crippen molar-refractivity contribution < 1.29 is 17.9 Å². The molecule has 3 aromatic rings. The monoisotopic (exact) mass is 521 g/mol. The van der Waals surface area contributed by atoms with Crippen LogP contribution < -0.4 is 10.5 Å². The van der Waals surface area contributed by atoms with Crippen LogP contribution in [0, 0.1) is 0 Å². The molecule has 3 fully saturated rings. The van der Waals surface area contributed by atoms with Gasteiger partial charge < -0.3 is 10.5 Å². The smallest absolute Gasteiger partial charge is 0.237 e. The van der Waals surface area contributed by atoms with E-state index < -0.39 is 32.5 Å². The first-order valence-electron chi connectivity index (χ1n) is 12.4. The van der Waals surface area contributed by atoms with Crippen LogP contribution in [0.25, 0.3) is 11.3 Å². The van der Waals surface area contributed by atoms with Crippen LogP contribution in [0.5, 0.6) is 0 Å². The average Bonchev–Trinajstić information content (AvgIpc) is 3.81. The van der Waals surface area contributed by atoms with Gasteiger partial charge in [-0.3, -0.25) is 19.5 Å². The van der Waals surface area contributed by atoms with E-state index in [0.717, 1.165) is 29.8 Å². The summed E-state index contributed by atoms with van der Waals surface area (Å²) in [6.07, 6.45) is 10.4. The number of carbonyl (C=O) groups is 1. The Morgan fingerprint density at radius 3 is 2.57 bits per heavy atom. The lowest BCUT2D eigenvalue weighted by Crippen LogP contribution is -2.51. The predicted molar refractivity (Wildman–Crippen MR) is 134 cm³/mol. The summed E-state index contributed by atoms with van der Waals surface area (Å²) in [5, 5.41) is -0.432. The van der Waals surface area contributed by atoms with Gasteiger partial charge in [-0.05, 0) is 50.3 Å². The van der Waals surface area contributed by atoms with Crippen LogP contribution in [0.3, 0.4) is 0 Å². The van der Waals surface area contributed by atoms with Gasteiger partial charge in [0.25, 0.3) is 0 Å². The van der Waals surface area contributed by atoms with Crippen molar-refractivity contribution >= 4 is 21.9 Å². The van der Waals surface area contributed by atoms with Crippen molar-refractivity contribution in [3.63, 3.8) is 0 Å². The number of nitrogens with zero attached hydrogens (tertiary/aromatic N) is 5. The number of anilines is 1. The van der Waals surface area contributed by atoms with Crippen molar-refractivity contribution in [1.82, 2.24) is 24.9 Å². The molecule has 1 aliphatic heterocycles. The van der Waals surface area contributed by atoms with Crippen LogP contribution in [0.2, 0.25) is 0 Å². The lowest BCUT2D eigenvalue weighted by atomic mass is 9.67. The van der Waals surface area contributed by atoms with E-state index in [2.05, 4.69) is 24.7 Å². The van der Waals surface area contributed by atoms with Crippen molar-refractivity contribution in [2.45, 2.75) is 54.6 Å². The number of rotatable bonds is 8. The number of nitrogens with one attached hydrogen (secondary N) is 1. The highest BCUT2D eigenvalue weighted by Gasteiger charge is 2.51. The van der Waals surface area contributed by atoms with E-state index >= 15 is 0 Å². The Bertz CT molecular complexity index is 1440. The molecule has 2 aliphatic carbocycles. The van der Waals surface area contributed by atoms with Crippen molar-refractivity contribution in [1.29, 1.82) is 0 Å². The van der Waals surface area contributed by atoms with Gasteiger partial charge >= 0.3 is 0 Å². The molecule has 3 aromatic heterocycles. The molecular formula is C25H27N7O4S. The maximum Gasteiger partial charge on any atom is 0.237 e. The highest BCUT2D eigenvalue weighted by molar-refractivity contribution is 7.93. The number of amides is 1. The van der Waals surface area contributed by atoms with Gasteiger partial charge in [-0.15, -0.1) is 0 Å². The Labute approximate surface area is 214 Å². The van der Waals surface area contributed by atoms with Gasteiger partial charge in [0, 0.05) is 48.3 Å². The van der Waals surface area contributed by atoms with E-state index in [4.69, 9.17) is 15.5 Å². The van der Waals surface area contributed by atoms with E-state index in [1.807, 2.05) is 18.3 Å². The number of aromatic nitrogens is 5. The third-order valence-corrected chi connectivity index (χ3v) is 9.17. The first-order chi connectivity index (χ1) is 17.9. The van der Waals surface area contributed by atoms with E-state index in [1.165, 1.54) is 6.20 Å². The van der Waals surface area contributed by atoms with Gasteiger partial charge in [0.2, 0.25) is 21.9 Å². The molecule has 3 aliphatic rings. The van der Waals surface area contributed by atoms with E-state index in [1.54, 1.807) is 18.5 Å². The zero-order valence-corrected chi connectivity index (χ0v) is 20.9. The fraction of sp³-hybridized carbons (Fsp3) is 0.440. The van der Waals surface area contributed by atoms with Gasteiger partial charge in [-0.25, -0.2) is 23.4 Å². The third-order valence-electron chi connectivity index (χ3n) is 7.36. The number of carbonyl (C=O) groups excluding carboxylic acids is 1. The number of hydrogen-bond donors (Lipinski definition) is 2. The summed E-state index contributed by atoms with van der Waals surface area (Å²) < 4.78 is 33.1. The molecule has 2 atom stereocenters. The molecule has 3 N–H and O–H groups in total. The number of sulfonamides is 1. The second kappa shape index (κ2) is 9.10. The summed E-state index contributed by atoms with van der Waals surface area (Å²) in [6.45, 7) is 0.508. The topological polar surface area (TPSA) is 163 Å². The first kappa shape index (κ1) is 23.9. The molecule has 0 bridgehead atoms. The molecule has 4 heterocycles. The number of hydrogen-bond acceptors (Lipinski definition) is 9. The van der Waals surface area contributed by atoms with Crippen LogP contribution in [0.1, 0.15) is 61.0 Å². The molecule has 12 heteroatoms. The van der Waals surface area contributed by atoms with E-state index in [0.29, 0.717) is 36.8 Å². The summed E-state index contributed by atoms with van der Waals surface area (Å²) in [5.41, 5.74) is 8.29.